The van der Waals surface area contributed by atoms with E-state index in [1.165, 1.54) is 0 Å². The highest BCUT2D eigenvalue weighted by Crippen LogP contribution is 2.43. The first kappa shape index (κ1) is 21.0. The highest BCUT2D eigenvalue weighted by Gasteiger charge is 2.46. The highest BCUT2D eigenvalue weighted by molar-refractivity contribution is 8.02. The lowest BCUT2D eigenvalue weighted by atomic mass is 10.1. The fraction of sp³-hybridized carbons (Fsp3) is 0.200. The minimum absolute atomic E-state index is 0.0348. The third kappa shape index (κ3) is 3.55. The van der Waals surface area contributed by atoms with Gasteiger partial charge in [0, 0.05) is 10.6 Å². The molecule has 14 heteroatoms. The Labute approximate surface area is 164 Å². The van der Waals surface area contributed by atoms with Gasteiger partial charge in [0.2, 0.25) is 11.6 Å². The summed E-state index contributed by atoms with van der Waals surface area (Å²) < 4.78 is 91.1. The van der Waals surface area contributed by atoms with Crippen LogP contribution in [0.25, 0.3) is 10.7 Å². The molecule has 1 aromatic carbocycles. The van der Waals surface area contributed by atoms with Gasteiger partial charge in [-0.15, -0.1) is 0 Å². The molecule has 2 heterocycles. The van der Waals surface area contributed by atoms with Gasteiger partial charge in [-0.2, -0.15) is 17.9 Å². The van der Waals surface area contributed by atoms with Crippen LogP contribution in [0.3, 0.4) is 0 Å². The van der Waals surface area contributed by atoms with Crippen LogP contribution in [-0.4, -0.2) is 31.5 Å². The maximum Gasteiger partial charge on any atom is 0.416 e. The first-order valence-corrected chi connectivity index (χ1v) is 9.37. The monoisotopic (exact) mass is 457 g/mol. The molecule has 0 unspecified atom stereocenters. The van der Waals surface area contributed by atoms with E-state index in [2.05, 4.69) is 4.98 Å². The molecule has 156 valence electrons. The number of hydrogen-bond acceptors (Lipinski definition) is 5. The molecule has 29 heavy (non-hydrogen) atoms. The molecule has 1 aliphatic heterocycles. The van der Waals surface area contributed by atoms with Crippen molar-refractivity contribution in [2.24, 2.45) is 0 Å². The number of rotatable bonds is 3. The number of aromatic nitrogens is 2. The summed E-state index contributed by atoms with van der Waals surface area (Å²) in [5.74, 6) is -2.07. The quantitative estimate of drug-likeness (QED) is 0.434. The Bertz CT molecular complexity index is 1120. The van der Waals surface area contributed by atoms with Crippen molar-refractivity contribution in [3.63, 3.8) is 0 Å². The van der Waals surface area contributed by atoms with Gasteiger partial charge in [0.1, 0.15) is 4.91 Å². The first-order chi connectivity index (χ1) is 13.4. The molecule has 1 aromatic heterocycles. The number of anilines is 1. The molecule has 2 aromatic rings. The third-order valence-electron chi connectivity index (χ3n) is 3.90. The molecule has 0 aliphatic carbocycles. The summed E-state index contributed by atoms with van der Waals surface area (Å²) in [4.78, 5) is 2.33. The van der Waals surface area contributed by atoms with Gasteiger partial charge in [0.15, 0.2) is 6.20 Å². The van der Waals surface area contributed by atoms with E-state index < -0.39 is 67.5 Å². The number of sulfonamides is 1. The van der Waals surface area contributed by atoms with E-state index in [1.54, 1.807) is 0 Å². The number of aliphatic hydroxyl groups is 1. The van der Waals surface area contributed by atoms with Crippen molar-refractivity contribution in [1.82, 2.24) is 4.98 Å². The number of fused-ring (bicyclic) bond motifs is 1. The second-order valence-corrected chi connectivity index (χ2v) is 7.93. The van der Waals surface area contributed by atoms with Crippen LogP contribution in [0.1, 0.15) is 16.8 Å². The van der Waals surface area contributed by atoms with Crippen LogP contribution < -0.4 is 9.04 Å². The Balaban J connectivity index is 2.39. The Morgan fingerprint density at radius 1 is 1.31 bits per heavy atom. The number of alkyl halides is 5. The summed E-state index contributed by atoms with van der Waals surface area (Å²) in [6.07, 6.45) is -6.55. The predicted octanol–water partition coefficient (Wildman–Crippen LogP) is 3.19. The van der Waals surface area contributed by atoms with E-state index in [9.17, 15) is 40.7 Å². The van der Waals surface area contributed by atoms with Gasteiger partial charge in [0.25, 0.3) is 16.4 Å². The topological polar surface area (TPSA) is 97.4 Å². The van der Waals surface area contributed by atoms with Crippen molar-refractivity contribution in [1.29, 1.82) is 0 Å². The second kappa shape index (κ2) is 6.99. The van der Waals surface area contributed by atoms with Gasteiger partial charge >= 0.3 is 11.9 Å². The van der Waals surface area contributed by atoms with E-state index in [0.29, 0.717) is 12.1 Å². The van der Waals surface area contributed by atoms with Crippen LogP contribution in [0.15, 0.2) is 30.6 Å². The van der Waals surface area contributed by atoms with E-state index in [-0.39, 0.29) is 9.04 Å². The van der Waals surface area contributed by atoms with Crippen LogP contribution >= 0.6 is 11.6 Å². The van der Waals surface area contributed by atoms with Crippen molar-refractivity contribution in [3.05, 3.63) is 57.6 Å². The summed E-state index contributed by atoms with van der Waals surface area (Å²) in [6.45, 7) is -1.46. The maximum atomic E-state index is 13.1. The van der Waals surface area contributed by atoms with Gasteiger partial charge in [-0.25, -0.2) is 26.5 Å². The highest BCUT2D eigenvalue weighted by atomic mass is 35.5. The van der Waals surface area contributed by atoms with Crippen LogP contribution in [0, 0.1) is 5.21 Å². The van der Waals surface area contributed by atoms with Gasteiger partial charge in [-0.1, -0.05) is 11.6 Å². The molecule has 0 saturated carbocycles. The minimum Gasteiger partial charge on any atom is -0.618 e. The number of benzene rings is 1. The molecule has 1 aliphatic rings. The van der Waals surface area contributed by atoms with Crippen LogP contribution in [0.2, 0.25) is 5.02 Å². The molecule has 0 spiro atoms. The average molecular weight is 458 g/mol. The normalized spacial score (nSPS) is 16.3. The lowest BCUT2D eigenvalue weighted by molar-refractivity contribution is -0.608. The Hall–Kier alpha value is -2.67. The lowest BCUT2D eigenvalue weighted by Crippen LogP contribution is -2.44. The molecule has 0 fully saturated rings. The third-order valence-corrected chi connectivity index (χ3v) is 6.06. The van der Waals surface area contributed by atoms with Crippen LogP contribution in [0.4, 0.5) is 27.8 Å². The Kier molecular flexibility index (Phi) is 5.07. The molecule has 0 radical (unpaired) electrons. The lowest BCUT2D eigenvalue weighted by Gasteiger charge is -2.29. The zero-order valence-electron chi connectivity index (χ0n) is 13.9. The molecule has 0 atom stereocenters. The summed E-state index contributed by atoms with van der Waals surface area (Å²) in [5, 5.41) is 22.0. The second-order valence-electron chi connectivity index (χ2n) is 5.72. The van der Waals surface area contributed by atoms with Gasteiger partial charge < -0.3 is 10.3 Å². The summed E-state index contributed by atoms with van der Waals surface area (Å²) >= 11 is 5.85. The molecule has 0 bridgehead atoms. The Morgan fingerprint density at radius 2 is 1.97 bits per heavy atom. The largest absolute Gasteiger partial charge is 0.618 e. The summed E-state index contributed by atoms with van der Waals surface area (Å²) in [7, 11) is -5.06. The van der Waals surface area contributed by atoms with Crippen molar-refractivity contribution in [3.8, 4) is 0 Å². The van der Waals surface area contributed by atoms with E-state index in [1.807, 2.05) is 0 Å². The molecule has 1 N–H and O–H groups in total. The SMILES string of the molecule is O=S1(=O)C(c2cc(C(F)(F)F)ccc2Cl)=C(O)c2c(ncc[n+]2[O-])N1CC(F)F. The fourth-order valence-electron chi connectivity index (χ4n) is 2.70. The van der Waals surface area contributed by atoms with Crippen molar-refractivity contribution < 1.29 is 40.2 Å². The zero-order valence-corrected chi connectivity index (χ0v) is 15.4. The molecular formula is C15H9ClF5N3O4S. The number of halogens is 6. The van der Waals surface area contributed by atoms with E-state index in [0.717, 1.165) is 18.5 Å². The molecule has 3 rings (SSSR count). The summed E-state index contributed by atoms with van der Waals surface area (Å²) in [5.41, 5.74) is -2.95. The smallest absolute Gasteiger partial charge is 0.416 e. The van der Waals surface area contributed by atoms with Crippen molar-refractivity contribution in [2.75, 3.05) is 10.8 Å². The number of nitrogens with zero attached hydrogens (tertiary/aromatic N) is 3. The molecule has 0 saturated heterocycles. The summed E-state index contributed by atoms with van der Waals surface area (Å²) in [6, 6.07) is 1.64. The van der Waals surface area contributed by atoms with E-state index >= 15 is 0 Å². The van der Waals surface area contributed by atoms with Gasteiger partial charge in [-0.3, -0.25) is 0 Å². The van der Waals surface area contributed by atoms with Crippen LogP contribution in [-0.2, 0) is 16.2 Å². The maximum absolute atomic E-state index is 13.1. The number of hydrogen-bond donors (Lipinski definition) is 1. The average Bonchev–Trinajstić information content (AvgIpc) is 2.58. The molecule has 0 amide bonds. The minimum atomic E-state index is -5.06. The Morgan fingerprint density at radius 3 is 2.55 bits per heavy atom. The van der Waals surface area contributed by atoms with Crippen molar-refractivity contribution >= 4 is 38.1 Å². The molecule has 7 nitrogen and oxygen atoms in total. The number of aliphatic hydroxyl groups excluding tert-OH is 1. The van der Waals surface area contributed by atoms with E-state index in [4.69, 9.17) is 11.6 Å². The predicted molar refractivity (Wildman–Crippen MR) is 91.4 cm³/mol. The molecular weight excluding hydrogens is 449 g/mol. The van der Waals surface area contributed by atoms with Crippen LogP contribution in [0.5, 0.6) is 0 Å². The van der Waals surface area contributed by atoms with Gasteiger partial charge in [-0.05, 0) is 18.2 Å². The van der Waals surface area contributed by atoms with Crippen molar-refractivity contribution in [2.45, 2.75) is 12.6 Å². The zero-order chi connectivity index (χ0) is 21.7. The fourth-order valence-corrected chi connectivity index (χ4v) is 4.64. The first-order valence-electron chi connectivity index (χ1n) is 7.55. The standard InChI is InChI=1S/C15H9ClF5N3O4S/c16-9-2-1-7(15(19,20)21)5-8(9)13-12(25)11-14(22-3-4-23(11)26)24(6-10(17)18)29(13,27)28/h1-5,10,25H,6H2. The van der Waals surface area contributed by atoms with Gasteiger partial charge in [0.05, 0.1) is 18.3 Å².